The molecule has 0 radical (unpaired) electrons. The zero-order valence-corrected chi connectivity index (χ0v) is 19.7. The standard InChI is InChI=1S/C23H18Cl2N2O5S/c1-3-9-32-21-17(24)10-14(11-18(21)25)12-19-22(29)27(23(30)33-19)13-20(28)26-15-5-7-16(8-6-15)31-4-2/h1,5-8,10-12H,4,9,13H2,2H3,(H,26,28)/b19-12+. The molecule has 1 aliphatic heterocycles. The van der Waals surface area contributed by atoms with E-state index in [-0.39, 0.29) is 27.3 Å². The van der Waals surface area contributed by atoms with Crippen molar-refractivity contribution in [2.45, 2.75) is 6.92 Å². The monoisotopic (exact) mass is 504 g/mol. The molecule has 0 saturated carbocycles. The minimum atomic E-state index is -0.591. The number of carbonyl (C=O) groups is 3. The topological polar surface area (TPSA) is 84.9 Å². The summed E-state index contributed by atoms with van der Waals surface area (Å²) < 4.78 is 10.7. The average Bonchev–Trinajstić information content (AvgIpc) is 3.02. The number of ether oxygens (including phenoxy) is 2. The lowest BCUT2D eigenvalue weighted by atomic mass is 10.2. The van der Waals surface area contributed by atoms with E-state index in [1.54, 1.807) is 24.3 Å². The van der Waals surface area contributed by atoms with E-state index >= 15 is 0 Å². The highest BCUT2D eigenvalue weighted by Gasteiger charge is 2.36. The summed E-state index contributed by atoms with van der Waals surface area (Å²) in [5.41, 5.74) is 1.00. The zero-order chi connectivity index (χ0) is 24.0. The molecule has 0 bridgehead atoms. The summed E-state index contributed by atoms with van der Waals surface area (Å²) in [6.45, 7) is 1.97. The first-order valence-corrected chi connectivity index (χ1v) is 11.2. The number of hydrogen-bond acceptors (Lipinski definition) is 6. The second-order valence-corrected chi connectivity index (χ2v) is 8.39. The van der Waals surface area contributed by atoms with Gasteiger partial charge in [-0.05, 0) is 66.7 Å². The van der Waals surface area contributed by atoms with Gasteiger partial charge in [-0.15, -0.1) is 6.42 Å². The minimum Gasteiger partial charge on any atom is -0.494 e. The molecule has 0 aliphatic carbocycles. The van der Waals surface area contributed by atoms with Crippen LogP contribution in [0.15, 0.2) is 41.3 Å². The third kappa shape index (κ3) is 6.23. The first-order valence-electron chi connectivity index (χ1n) is 9.65. The molecule has 0 spiro atoms. The molecule has 0 aromatic heterocycles. The Kier molecular flexibility index (Phi) is 8.28. The number of halogens is 2. The van der Waals surface area contributed by atoms with Gasteiger partial charge in [-0.3, -0.25) is 19.3 Å². The van der Waals surface area contributed by atoms with E-state index in [0.717, 1.165) is 16.7 Å². The van der Waals surface area contributed by atoms with Crippen molar-refractivity contribution in [2.24, 2.45) is 0 Å². The van der Waals surface area contributed by atoms with Crippen LogP contribution >= 0.6 is 35.0 Å². The fourth-order valence-electron chi connectivity index (χ4n) is 2.85. The van der Waals surface area contributed by atoms with Gasteiger partial charge >= 0.3 is 0 Å². The average molecular weight is 505 g/mol. The number of benzene rings is 2. The molecule has 0 atom stereocenters. The van der Waals surface area contributed by atoms with Crippen LogP contribution in [0.2, 0.25) is 10.0 Å². The van der Waals surface area contributed by atoms with Gasteiger partial charge in [-0.25, -0.2) is 0 Å². The van der Waals surface area contributed by atoms with Crippen molar-refractivity contribution in [3.8, 4) is 23.8 Å². The molecule has 0 unspecified atom stereocenters. The van der Waals surface area contributed by atoms with Crippen molar-refractivity contribution in [2.75, 3.05) is 25.1 Å². The number of nitrogens with one attached hydrogen (secondary N) is 1. The lowest BCUT2D eigenvalue weighted by Gasteiger charge is -2.13. The molecule has 33 heavy (non-hydrogen) atoms. The summed E-state index contributed by atoms with van der Waals surface area (Å²) in [7, 11) is 0. The van der Waals surface area contributed by atoms with Crippen LogP contribution in [0.1, 0.15) is 12.5 Å². The lowest BCUT2D eigenvalue weighted by Crippen LogP contribution is -2.36. The number of carbonyl (C=O) groups excluding carboxylic acids is 3. The quantitative estimate of drug-likeness (QED) is 0.398. The number of nitrogens with zero attached hydrogens (tertiary/aromatic N) is 1. The van der Waals surface area contributed by atoms with E-state index < -0.39 is 23.6 Å². The van der Waals surface area contributed by atoms with Crippen LogP contribution in [-0.4, -0.2) is 41.7 Å². The maximum Gasteiger partial charge on any atom is 0.294 e. The van der Waals surface area contributed by atoms with Gasteiger partial charge < -0.3 is 14.8 Å². The molecule has 7 nitrogen and oxygen atoms in total. The van der Waals surface area contributed by atoms with Gasteiger partial charge in [-0.2, -0.15) is 0 Å². The molecule has 1 heterocycles. The summed E-state index contributed by atoms with van der Waals surface area (Å²) in [6, 6.07) is 9.82. The second-order valence-electron chi connectivity index (χ2n) is 6.58. The minimum absolute atomic E-state index is 0.00357. The third-order valence-electron chi connectivity index (χ3n) is 4.24. The van der Waals surface area contributed by atoms with Crippen LogP contribution in [0.5, 0.6) is 11.5 Å². The summed E-state index contributed by atoms with van der Waals surface area (Å²) in [4.78, 5) is 38.4. The molecule has 3 amide bonds. The van der Waals surface area contributed by atoms with Gasteiger partial charge in [0.1, 0.15) is 18.9 Å². The molecule has 2 aromatic carbocycles. The van der Waals surface area contributed by atoms with Crippen molar-refractivity contribution >= 4 is 63.8 Å². The number of anilines is 1. The molecule has 1 saturated heterocycles. The predicted octanol–water partition coefficient (Wildman–Crippen LogP) is 5.08. The Morgan fingerprint density at radius 1 is 1.18 bits per heavy atom. The van der Waals surface area contributed by atoms with Gasteiger partial charge in [0.05, 0.1) is 21.6 Å². The zero-order valence-electron chi connectivity index (χ0n) is 17.4. The third-order valence-corrected chi connectivity index (χ3v) is 5.71. The molecule has 10 heteroatoms. The van der Waals surface area contributed by atoms with Gasteiger partial charge in [0.15, 0.2) is 5.75 Å². The predicted molar refractivity (Wildman–Crippen MR) is 130 cm³/mol. The Labute approximate surface area is 205 Å². The van der Waals surface area contributed by atoms with Gasteiger partial charge in [0.2, 0.25) is 5.91 Å². The van der Waals surface area contributed by atoms with E-state index in [9.17, 15) is 14.4 Å². The van der Waals surface area contributed by atoms with Crippen molar-refractivity contribution in [3.05, 3.63) is 56.9 Å². The van der Waals surface area contributed by atoms with Crippen LogP contribution in [0, 0.1) is 12.3 Å². The maximum absolute atomic E-state index is 12.7. The maximum atomic E-state index is 12.7. The van der Waals surface area contributed by atoms with Gasteiger partial charge in [-0.1, -0.05) is 29.1 Å². The highest BCUT2D eigenvalue weighted by Crippen LogP contribution is 2.37. The van der Waals surface area contributed by atoms with E-state index in [1.807, 2.05) is 6.92 Å². The summed E-state index contributed by atoms with van der Waals surface area (Å²) in [6.07, 6.45) is 6.64. The Balaban J connectivity index is 1.68. The Morgan fingerprint density at radius 2 is 1.85 bits per heavy atom. The molecule has 1 fully saturated rings. The Hall–Kier alpha value is -3.12. The molecule has 1 aliphatic rings. The number of thioether (sulfide) groups is 1. The van der Waals surface area contributed by atoms with Crippen LogP contribution in [-0.2, 0) is 9.59 Å². The number of amides is 3. The van der Waals surface area contributed by atoms with Crippen LogP contribution < -0.4 is 14.8 Å². The number of rotatable bonds is 8. The fourth-order valence-corrected chi connectivity index (χ4v) is 4.30. The number of terminal acetylenes is 1. The smallest absolute Gasteiger partial charge is 0.294 e. The molecule has 2 aromatic rings. The SMILES string of the molecule is C#CCOc1c(Cl)cc(/C=C2/SC(=O)N(CC(=O)Nc3ccc(OCC)cc3)C2=O)cc1Cl. The van der Waals surface area contributed by atoms with E-state index in [4.69, 9.17) is 39.1 Å². The molecule has 1 N–H and O–H groups in total. The normalized spacial score (nSPS) is 14.4. The second kappa shape index (κ2) is 11.1. The fraction of sp³-hybridized carbons (Fsp3) is 0.174. The molecular formula is C23H18Cl2N2O5S. The van der Waals surface area contributed by atoms with Gasteiger partial charge in [0.25, 0.3) is 11.1 Å². The summed E-state index contributed by atoms with van der Waals surface area (Å²) in [5.74, 6) is 2.11. The number of hydrogen-bond donors (Lipinski definition) is 1. The van der Waals surface area contributed by atoms with Crippen LogP contribution in [0.25, 0.3) is 6.08 Å². The lowest BCUT2D eigenvalue weighted by molar-refractivity contribution is -0.127. The van der Waals surface area contributed by atoms with Crippen LogP contribution in [0.4, 0.5) is 10.5 Å². The summed E-state index contributed by atoms with van der Waals surface area (Å²) >= 11 is 13.1. The van der Waals surface area contributed by atoms with E-state index in [0.29, 0.717) is 23.6 Å². The van der Waals surface area contributed by atoms with E-state index in [1.165, 1.54) is 18.2 Å². The number of imide groups is 1. The van der Waals surface area contributed by atoms with E-state index in [2.05, 4.69) is 11.2 Å². The Morgan fingerprint density at radius 3 is 2.45 bits per heavy atom. The largest absolute Gasteiger partial charge is 0.494 e. The molecule has 3 rings (SSSR count). The van der Waals surface area contributed by atoms with Crippen LogP contribution in [0.3, 0.4) is 0 Å². The van der Waals surface area contributed by atoms with Crippen molar-refractivity contribution < 1.29 is 23.9 Å². The first-order chi connectivity index (χ1) is 15.8. The van der Waals surface area contributed by atoms with Gasteiger partial charge in [0, 0.05) is 5.69 Å². The summed E-state index contributed by atoms with van der Waals surface area (Å²) in [5, 5.41) is 2.51. The Bertz CT molecular complexity index is 1140. The highest BCUT2D eigenvalue weighted by atomic mass is 35.5. The molecular weight excluding hydrogens is 487 g/mol. The molecule has 170 valence electrons. The highest BCUT2D eigenvalue weighted by molar-refractivity contribution is 8.18. The van der Waals surface area contributed by atoms with Crippen molar-refractivity contribution in [1.82, 2.24) is 4.90 Å². The van der Waals surface area contributed by atoms with Crippen molar-refractivity contribution in [1.29, 1.82) is 0 Å². The van der Waals surface area contributed by atoms with Crippen molar-refractivity contribution in [3.63, 3.8) is 0 Å². The first kappa shape index (κ1) is 24.5.